The zero-order valence-corrected chi connectivity index (χ0v) is 18.9. The van der Waals surface area contributed by atoms with Crippen molar-refractivity contribution in [2.75, 3.05) is 37.3 Å². The van der Waals surface area contributed by atoms with E-state index >= 15 is 0 Å². The van der Waals surface area contributed by atoms with E-state index in [9.17, 15) is 13.6 Å². The number of aromatic nitrogens is 4. The van der Waals surface area contributed by atoms with Crippen LogP contribution in [0.3, 0.4) is 0 Å². The van der Waals surface area contributed by atoms with E-state index in [1.54, 1.807) is 23.0 Å². The van der Waals surface area contributed by atoms with E-state index < -0.39 is 18.0 Å². The summed E-state index contributed by atoms with van der Waals surface area (Å²) in [5.41, 5.74) is 0.192. The first kappa shape index (κ1) is 22.5. The number of oxazole rings is 1. The highest BCUT2D eigenvalue weighted by Gasteiger charge is 2.26. The number of hydrogen-bond donors (Lipinski definition) is 2. The van der Waals surface area contributed by atoms with Gasteiger partial charge in [0.15, 0.2) is 11.4 Å². The van der Waals surface area contributed by atoms with Crippen LogP contribution in [0.5, 0.6) is 0 Å². The van der Waals surface area contributed by atoms with Crippen LogP contribution in [-0.2, 0) is 0 Å². The van der Waals surface area contributed by atoms with Gasteiger partial charge in [0.1, 0.15) is 12.1 Å². The van der Waals surface area contributed by atoms with Gasteiger partial charge < -0.3 is 20.0 Å². The summed E-state index contributed by atoms with van der Waals surface area (Å²) in [4.78, 5) is 23.5. The number of hydrogen-bond acceptors (Lipinski definition) is 7. The van der Waals surface area contributed by atoms with Gasteiger partial charge in [-0.25, -0.2) is 18.7 Å². The predicted molar refractivity (Wildman–Crippen MR) is 122 cm³/mol. The van der Waals surface area contributed by atoms with Gasteiger partial charge in [0.25, 0.3) is 12.3 Å². The topological polar surface area (TPSA) is 101 Å². The van der Waals surface area contributed by atoms with Crippen LogP contribution in [0.2, 0.25) is 0 Å². The maximum atomic E-state index is 13.6. The van der Waals surface area contributed by atoms with Crippen LogP contribution in [0.25, 0.3) is 11.5 Å². The molecule has 0 radical (unpaired) electrons. The van der Waals surface area contributed by atoms with Crippen molar-refractivity contribution in [1.82, 2.24) is 24.6 Å². The van der Waals surface area contributed by atoms with Crippen molar-refractivity contribution in [2.24, 2.45) is 5.92 Å². The lowest BCUT2D eigenvalue weighted by molar-refractivity contribution is 0.102. The first-order valence-corrected chi connectivity index (χ1v) is 11.5. The summed E-state index contributed by atoms with van der Waals surface area (Å²) in [5.74, 6) is 1.01. The third-order valence-corrected chi connectivity index (χ3v) is 6.29. The van der Waals surface area contributed by atoms with Gasteiger partial charge in [-0.3, -0.25) is 9.48 Å². The third-order valence-electron chi connectivity index (χ3n) is 6.29. The Hall–Kier alpha value is -3.34. The van der Waals surface area contributed by atoms with Crippen LogP contribution in [-0.4, -0.2) is 57.2 Å². The number of rotatable bonds is 8. The average molecular weight is 472 g/mol. The van der Waals surface area contributed by atoms with E-state index in [1.165, 1.54) is 25.3 Å². The van der Waals surface area contributed by atoms with Gasteiger partial charge in [-0.2, -0.15) is 5.10 Å². The number of alkyl halides is 2. The number of nitrogens with zero attached hydrogens (tertiary/aromatic N) is 5. The second kappa shape index (κ2) is 9.49. The summed E-state index contributed by atoms with van der Waals surface area (Å²) in [6.07, 6.45) is 5.61. The Morgan fingerprint density at radius 1 is 1.26 bits per heavy atom. The fourth-order valence-corrected chi connectivity index (χ4v) is 4.04. The summed E-state index contributed by atoms with van der Waals surface area (Å²) < 4.78 is 34.3. The standard InChI is InChI=1S/C23H27F2N7O2/c1-31-8-5-16(6-9-31)32-12-17(20(30-32)21(24)25)28-22(33)18-13-34-23(29-18)15-4-7-26-19(10-15)27-11-14-2-3-14/h4,7,10,12-14,16,21H,2-3,5-6,8-9,11H2,1H3,(H,26,27)(H,28,33). The van der Waals surface area contributed by atoms with E-state index in [4.69, 9.17) is 4.42 Å². The van der Waals surface area contributed by atoms with Gasteiger partial charge in [-0.05, 0) is 63.9 Å². The molecule has 1 amide bonds. The highest BCUT2D eigenvalue weighted by Crippen LogP contribution is 2.31. The average Bonchev–Trinajstić information content (AvgIpc) is 3.35. The zero-order valence-electron chi connectivity index (χ0n) is 18.9. The van der Waals surface area contributed by atoms with Crippen LogP contribution < -0.4 is 10.6 Å². The molecular formula is C23H27F2N7O2. The van der Waals surface area contributed by atoms with Crippen molar-refractivity contribution in [2.45, 2.75) is 38.2 Å². The number of carbonyl (C=O) groups excluding carboxylic acids is 1. The second-order valence-corrected chi connectivity index (χ2v) is 8.99. The van der Waals surface area contributed by atoms with Gasteiger partial charge in [-0.15, -0.1) is 0 Å². The minimum absolute atomic E-state index is 0.00782. The number of amides is 1. The smallest absolute Gasteiger partial charge is 0.284 e. The molecule has 180 valence electrons. The molecule has 2 fully saturated rings. The predicted octanol–water partition coefficient (Wildman–Crippen LogP) is 4.21. The molecule has 0 unspecified atom stereocenters. The van der Waals surface area contributed by atoms with Gasteiger partial charge in [0, 0.05) is 24.5 Å². The number of halogens is 2. The van der Waals surface area contributed by atoms with E-state index in [0.29, 0.717) is 17.3 Å². The van der Waals surface area contributed by atoms with Crippen LogP contribution >= 0.6 is 0 Å². The summed E-state index contributed by atoms with van der Waals surface area (Å²) in [5, 5.41) is 9.89. The second-order valence-electron chi connectivity index (χ2n) is 8.99. The number of nitrogens with one attached hydrogen (secondary N) is 2. The molecule has 4 heterocycles. The lowest BCUT2D eigenvalue weighted by Gasteiger charge is -2.28. The van der Waals surface area contributed by atoms with Crippen LogP contribution in [0.4, 0.5) is 20.3 Å². The van der Waals surface area contributed by atoms with Gasteiger partial charge >= 0.3 is 0 Å². The molecule has 1 saturated heterocycles. The molecule has 2 N–H and O–H groups in total. The Morgan fingerprint density at radius 3 is 2.79 bits per heavy atom. The van der Waals surface area contributed by atoms with Crippen molar-refractivity contribution in [3.63, 3.8) is 0 Å². The highest BCUT2D eigenvalue weighted by atomic mass is 19.3. The molecule has 3 aromatic rings. The Bertz CT molecular complexity index is 1150. The molecule has 5 rings (SSSR count). The van der Waals surface area contributed by atoms with Crippen LogP contribution in [0.15, 0.2) is 35.2 Å². The van der Waals surface area contributed by atoms with E-state index in [-0.39, 0.29) is 23.3 Å². The molecular weight excluding hydrogens is 444 g/mol. The minimum Gasteiger partial charge on any atom is -0.444 e. The first-order chi connectivity index (χ1) is 16.5. The first-order valence-electron chi connectivity index (χ1n) is 11.5. The number of piperidine rings is 1. The van der Waals surface area contributed by atoms with Crippen LogP contribution in [0, 0.1) is 5.92 Å². The molecule has 11 heteroatoms. The fourth-order valence-electron chi connectivity index (χ4n) is 4.04. The molecule has 34 heavy (non-hydrogen) atoms. The molecule has 0 spiro atoms. The van der Waals surface area contributed by atoms with Gasteiger partial charge in [0.05, 0.1) is 11.7 Å². The number of likely N-dealkylation sites (tertiary alicyclic amines) is 1. The number of carbonyl (C=O) groups is 1. The molecule has 1 aliphatic heterocycles. The Morgan fingerprint density at radius 2 is 2.06 bits per heavy atom. The Balaban J connectivity index is 1.29. The summed E-state index contributed by atoms with van der Waals surface area (Å²) in [7, 11) is 2.03. The third kappa shape index (κ3) is 5.09. The van der Waals surface area contributed by atoms with E-state index in [2.05, 4.69) is 30.6 Å². The fraction of sp³-hybridized carbons (Fsp3) is 0.478. The van der Waals surface area contributed by atoms with E-state index in [0.717, 1.165) is 32.5 Å². The summed E-state index contributed by atoms with van der Waals surface area (Å²) in [6, 6.07) is 3.56. The summed E-state index contributed by atoms with van der Waals surface area (Å²) in [6.45, 7) is 2.60. The van der Waals surface area contributed by atoms with Crippen molar-refractivity contribution in [3.05, 3.63) is 42.2 Å². The molecule has 1 saturated carbocycles. The van der Waals surface area contributed by atoms with Crippen LogP contribution in [0.1, 0.15) is 54.3 Å². The SMILES string of the molecule is CN1CCC(n2cc(NC(=O)c3coc(-c4ccnc(NCC5CC5)c4)n3)c(C(F)F)n2)CC1. The molecule has 3 aromatic heterocycles. The van der Waals surface area contributed by atoms with Gasteiger partial charge in [0.2, 0.25) is 5.89 Å². The monoisotopic (exact) mass is 471 g/mol. The molecule has 9 nitrogen and oxygen atoms in total. The van der Waals surface area contributed by atoms with E-state index in [1.807, 2.05) is 7.05 Å². The number of anilines is 2. The zero-order chi connectivity index (χ0) is 23.7. The van der Waals surface area contributed by atoms with Gasteiger partial charge in [-0.1, -0.05) is 0 Å². The number of pyridine rings is 1. The quantitative estimate of drug-likeness (QED) is 0.507. The largest absolute Gasteiger partial charge is 0.444 e. The maximum absolute atomic E-state index is 13.6. The molecule has 0 atom stereocenters. The van der Waals surface area contributed by atoms with Crippen molar-refractivity contribution >= 4 is 17.4 Å². The van der Waals surface area contributed by atoms with Crippen molar-refractivity contribution < 1.29 is 18.0 Å². The highest BCUT2D eigenvalue weighted by molar-refractivity contribution is 6.03. The van der Waals surface area contributed by atoms with Crippen molar-refractivity contribution in [1.29, 1.82) is 0 Å². The van der Waals surface area contributed by atoms with Crippen molar-refractivity contribution in [3.8, 4) is 11.5 Å². The Labute approximate surface area is 195 Å². The molecule has 0 bridgehead atoms. The molecule has 2 aliphatic rings. The normalized spacial score (nSPS) is 17.3. The Kier molecular flexibility index (Phi) is 6.27. The molecule has 0 aromatic carbocycles. The minimum atomic E-state index is -2.81. The maximum Gasteiger partial charge on any atom is 0.284 e. The molecule has 1 aliphatic carbocycles. The summed E-state index contributed by atoms with van der Waals surface area (Å²) >= 11 is 0. The lowest BCUT2D eigenvalue weighted by atomic mass is 10.1. The lowest BCUT2D eigenvalue weighted by Crippen LogP contribution is -2.31.